The van der Waals surface area contributed by atoms with Gasteiger partial charge in [0.05, 0.1) is 20.3 Å². The maximum atomic E-state index is 5.48. The molecule has 1 aliphatic heterocycles. The largest absolute Gasteiger partial charge is 0.493 e. The van der Waals surface area contributed by atoms with Crippen LogP contribution in [0.15, 0.2) is 23.2 Å². The number of nitrogens with zero attached hydrogens (tertiary/aromatic N) is 1. The maximum absolute atomic E-state index is 5.48. The number of amidine groups is 1. The highest BCUT2D eigenvalue weighted by Crippen LogP contribution is 2.28. The topological polar surface area (TPSA) is 42.8 Å². The van der Waals surface area contributed by atoms with Crippen molar-refractivity contribution in [1.82, 2.24) is 5.32 Å². The van der Waals surface area contributed by atoms with Gasteiger partial charge in [-0.1, -0.05) is 0 Å². The Labute approximate surface area is 102 Å². The van der Waals surface area contributed by atoms with Crippen LogP contribution < -0.4 is 14.8 Å². The van der Waals surface area contributed by atoms with E-state index in [0.717, 1.165) is 29.4 Å². The molecule has 1 heterocycles. The molecule has 1 aliphatic rings. The van der Waals surface area contributed by atoms with E-state index in [4.69, 9.17) is 9.47 Å². The standard InChI is InChI=1S/C13H18N2O2/c1-4-17-11-6-5-10(7-12(11)16-3)13-14-8-9(2)15-13/h5-7,9H,4,8H2,1-3H3,(H,14,15). The van der Waals surface area contributed by atoms with Gasteiger partial charge in [-0.2, -0.15) is 0 Å². The summed E-state index contributed by atoms with van der Waals surface area (Å²) in [6.45, 7) is 5.52. The summed E-state index contributed by atoms with van der Waals surface area (Å²) in [6.07, 6.45) is 0. The second kappa shape index (κ2) is 5.08. The van der Waals surface area contributed by atoms with E-state index >= 15 is 0 Å². The van der Waals surface area contributed by atoms with Crippen molar-refractivity contribution in [3.05, 3.63) is 23.8 Å². The Balaban J connectivity index is 2.25. The van der Waals surface area contributed by atoms with Gasteiger partial charge in [-0.05, 0) is 32.0 Å². The molecule has 0 spiro atoms. The van der Waals surface area contributed by atoms with Crippen LogP contribution in [0.5, 0.6) is 11.5 Å². The van der Waals surface area contributed by atoms with Gasteiger partial charge < -0.3 is 14.8 Å². The van der Waals surface area contributed by atoms with Crippen LogP contribution in [-0.4, -0.2) is 32.1 Å². The molecular formula is C13H18N2O2. The minimum Gasteiger partial charge on any atom is -0.493 e. The molecule has 1 atom stereocenters. The van der Waals surface area contributed by atoms with Crippen LogP contribution in [0.25, 0.3) is 0 Å². The normalized spacial score (nSPS) is 18.5. The lowest BCUT2D eigenvalue weighted by atomic mass is 10.2. The van der Waals surface area contributed by atoms with Crippen LogP contribution in [0.2, 0.25) is 0 Å². The molecule has 0 aliphatic carbocycles. The van der Waals surface area contributed by atoms with Crippen LogP contribution in [0.4, 0.5) is 0 Å². The summed E-state index contributed by atoms with van der Waals surface area (Å²) in [5.41, 5.74) is 1.04. The molecule has 1 aromatic rings. The van der Waals surface area contributed by atoms with Gasteiger partial charge in [0.2, 0.25) is 0 Å². The zero-order chi connectivity index (χ0) is 12.3. The molecule has 0 radical (unpaired) electrons. The van der Waals surface area contributed by atoms with Gasteiger partial charge in [-0.15, -0.1) is 0 Å². The van der Waals surface area contributed by atoms with E-state index < -0.39 is 0 Å². The predicted molar refractivity (Wildman–Crippen MR) is 68.2 cm³/mol. The lowest BCUT2D eigenvalue weighted by Crippen LogP contribution is -2.27. The minimum absolute atomic E-state index is 0.405. The van der Waals surface area contributed by atoms with Gasteiger partial charge in [0.25, 0.3) is 0 Å². The van der Waals surface area contributed by atoms with Crippen molar-refractivity contribution in [2.24, 2.45) is 4.99 Å². The first-order valence-corrected chi connectivity index (χ1v) is 5.86. The van der Waals surface area contributed by atoms with Gasteiger partial charge in [0, 0.05) is 11.6 Å². The molecule has 0 saturated carbocycles. The van der Waals surface area contributed by atoms with E-state index in [-0.39, 0.29) is 0 Å². The smallest absolute Gasteiger partial charge is 0.161 e. The third kappa shape index (κ3) is 2.52. The lowest BCUT2D eigenvalue weighted by molar-refractivity contribution is 0.311. The Morgan fingerprint density at radius 1 is 1.41 bits per heavy atom. The Hall–Kier alpha value is -1.71. The maximum Gasteiger partial charge on any atom is 0.161 e. The molecule has 0 saturated heterocycles. The number of aliphatic imine (C=N–C) groups is 1. The van der Waals surface area contributed by atoms with E-state index in [2.05, 4.69) is 17.2 Å². The monoisotopic (exact) mass is 234 g/mol. The molecular weight excluding hydrogens is 216 g/mol. The first kappa shape index (κ1) is 11.8. The predicted octanol–water partition coefficient (Wildman–Crippen LogP) is 1.83. The summed E-state index contributed by atoms with van der Waals surface area (Å²) < 4.78 is 10.8. The van der Waals surface area contributed by atoms with Gasteiger partial charge >= 0.3 is 0 Å². The van der Waals surface area contributed by atoms with Crippen LogP contribution in [-0.2, 0) is 0 Å². The molecule has 1 N–H and O–H groups in total. The molecule has 92 valence electrons. The van der Waals surface area contributed by atoms with Crippen LogP contribution in [0.1, 0.15) is 19.4 Å². The molecule has 0 bridgehead atoms. The van der Waals surface area contributed by atoms with E-state index in [9.17, 15) is 0 Å². The highest BCUT2D eigenvalue weighted by molar-refractivity contribution is 6.00. The molecule has 2 rings (SSSR count). The average molecular weight is 234 g/mol. The number of rotatable bonds is 4. The first-order chi connectivity index (χ1) is 8.24. The van der Waals surface area contributed by atoms with Crippen molar-refractivity contribution in [2.45, 2.75) is 19.9 Å². The summed E-state index contributed by atoms with van der Waals surface area (Å²) in [5, 5.41) is 3.33. The number of methoxy groups -OCH3 is 1. The van der Waals surface area contributed by atoms with E-state index in [0.29, 0.717) is 12.6 Å². The van der Waals surface area contributed by atoms with Crippen LogP contribution >= 0.6 is 0 Å². The number of nitrogens with one attached hydrogen (secondary N) is 1. The molecule has 17 heavy (non-hydrogen) atoms. The number of benzene rings is 1. The van der Waals surface area contributed by atoms with Crippen molar-refractivity contribution in [3.63, 3.8) is 0 Å². The minimum atomic E-state index is 0.405. The molecule has 0 fully saturated rings. The first-order valence-electron chi connectivity index (χ1n) is 5.86. The van der Waals surface area contributed by atoms with E-state index in [1.165, 1.54) is 0 Å². The third-order valence-corrected chi connectivity index (χ3v) is 2.64. The zero-order valence-electron chi connectivity index (χ0n) is 10.5. The van der Waals surface area contributed by atoms with E-state index in [1.54, 1.807) is 7.11 Å². The zero-order valence-corrected chi connectivity index (χ0v) is 10.5. The summed E-state index contributed by atoms with van der Waals surface area (Å²) in [7, 11) is 1.65. The summed E-state index contributed by atoms with van der Waals surface area (Å²) in [6, 6.07) is 6.28. The molecule has 4 heteroatoms. The summed E-state index contributed by atoms with van der Waals surface area (Å²) in [4.78, 5) is 4.45. The van der Waals surface area contributed by atoms with Gasteiger partial charge in [-0.3, -0.25) is 4.99 Å². The van der Waals surface area contributed by atoms with Crippen LogP contribution in [0, 0.1) is 0 Å². The van der Waals surface area contributed by atoms with Gasteiger partial charge in [0.1, 0.15) is 5.84 Å². The Kier molecular flexibility index (Phi) is 3.52. The average Bonchev–Trinajstić information content (AvgIpc) is 2.77. The van der Waals surface area contributed by atoms with Crippen molar-refractivity contribution in [1.29, 1.82) is 0 Å². The SMILES string of the molecule is CCOc1ccc(C2=NCC(C)N2)cc1OC. The molecule has 0 amide bonds. The van der Waals surface area contributed by atoms with Gasteiger partial charge in [-0.25, -0.2) is 0 Å². The summed E-state index contributed by atoms with van der Waals surface area (Å²) in [5.74, 6) is 2.44. The molecule has 4 nitrogen and oxygen atoms in total. The Bertz CT molecular complexity index is 429. The fourth-order valence-corrected chi connectivity index (χ4v) is 1.82. The second-order valence-electron chi connectivity index (χ2n) is 4.03. The molecule has 1 aromatic carbocycles. The Morgan fingerprint density at radius 2 is 2.24 bits per heavy atom. The van der Waals surface area contributed by atoms with Crippen molar-refractivity contribution < 1.29 is 9.47 Å². The molecule has 0 aromatic heterocycles. The van der Waals surface area contributed by atoms with Crippen LogP contribution in [0.3, 0.4) is 0 Å². The van der Waals surface area contributed by atoms with Gasteiger partial charge in [0.15, 0.2) is 11.5 Å². The van der Waals surface area contributed by atoms with Crippen molar-refractivity contribution >= 4 is 5.84 Å². The fourth-order valence-electron chi connectivity index (χ4n) is 1.82. The summed E-state index contributed by atoms with van der Waals surface area (Å²) >= 11 is 0. The highest BCUT2D eigenvalue weighted by Gasteiger charge is 2.15. The fraction of sp³-hybridized carbons (Fsp3) is 0.462. The number of hydrogen-bond acceptors (Lipinski definition) is 4. The lowest BCUT2D eigenvalue weighted by Gasteiger charge is -2.11. The second-order valence-corrected chi connectivity index (χ2v) is 4.03. The third-order valence-electron chi connectivity index (χ3n) is 2.64. The molecule has 1 unspecified atom stereocenters. The quantitative estimate of drug-likeness (QED) is 0.864. The number of hydrogen-bond donors (Lipinski definition) is 1. The van der Waals surface area contributed by atoms with Crippen molar-refractivity contribution in [2.75, 3.05) is 20.3 Å². The Morgan fingerprint density at radius 3 is 2.82 bits per heavy atom. The van der Waals surface area contributed by atoms with Crippen molar-refractivity contribution in [3.8, 4) is 11.5 Å². The highest BCUT2D eigenvalue weighted by atomic mass is 16.5. The van der Waals surface area contributed by atoms with E-state index in [1.807, 2.05) is 25.1 Å². The number of ether oxygens (including phenoxy) is 2.